The molecule has 26 heavy (non-hydrogen) atoms. The molecule has 1 aromatic carbocycles. The highest BCUT2D eigenvalue weighted by molar-refractivity contribution is 5.90. The SMILES string of the molecule is COc1ccc(CCCCNc2ccnc3ccccc23)nc1/C=N\O. The summed E-state index contributed by atoms with van der Waals surface area (Å²) in [6.07, 6.45) is 6.00. The van der Waals surface area contributed by atoms with Gasteiger partial charge >= 0.3 is 0 Å². The fourth-order valence-corrected chi connectivity index (χ4v) is 2.87. The largest absolute Gasteiger partial charge is 0.494 e. The summed E-state index contributed by atoms with van der Waals surface area (Å²) in [5.41, 5.74) is 3.60. The van der Waals surface area contributed by atoms with E-state index < -0.39 is 0 Å². The maximum atomic E-state index is 8.72. The van der Waals surface area contributed by atoms with Gasteiger partial charge in [-0.1, -0.05) is 23.4 Å². The summed E-state index contributed by atoms with van der Waals surface area (Å²) in [4.78, 5) is 8.84. The van der Waals surface area contributed by atoms with E-state index in [-0.39, 0.29) is 0 Å². The second-order valence-corrected chi connectivity index (χ2v) is 5.89. The zero-order valence-corrected chi connectivity index (χ0v) is 14.7. The van der Waals surface area contributed by atoms with Gasteiger partial charge in [-0.25, -0.2) is 4.98 Å². The van der Waals surface area contributed by atoms with Crippen molar-refractivity contribution in [2.75, 3.05) is 19.0 Å². The van der Waals surface area contributed by atoms with Crippen molar-refractivity contribution in [1.82, 2.24) is 9.97 Å². The molecule has 0 radical (unpaired) electrons. The molecule has 6 heteroatoms. The minimum absolute atomic E-state index is 0.536. The van der Waals surface area contributed by atoms with Crippen molar-refractivity contribution < 1.29 is 9.94 Å². The lowest BCUT2D eigenvalue weighted by atomic mass is 10.1. The fourth-order valence-electron chi connectivity index (χ4n) is 2.87. The molecule has 0 fully saturated rings. The Morgan fingerprint density at radius 2 is 2.04 bits per heavy atom. The molecule has 0 amide bonds. The monoisotopic (exact) mass is 350 g/mol. The van der Waals surface area contributed by atoms with Gasteiger partial charge in [-0.2, -0.15) is 0 Å². The molecule has 6 nitrogen and oxygen atoms in total. The van der Waals surface area contributed by atoms with E-state index in [1.54, 1.807) is 7.11 Å². The van der Waals surface area contributed by atoms with E-state index in [0.717, 1.165) is 48.1 Å². The topological polar surface area (TPSA) is 79.6 Å². The van der Waals surface area contributed by atoms with Gasteiger partial charge in [0.25, 0.3) is 0 Å². The number of para-hydroxylation sites is 1. The minimum atomic E-state index is 0.536. The number of ether oxygens (including phenoxy) is 1. The molecule has 0 aliphatic rings. The normalized spacial score (nSPS) is 11.1. The van der Waals surface area contributed by atoms with Crippen LogP contribution in [0.3, 0.4) is 0 Å². The quantitative estimate of drug-likeness (QED) is 0.279. The summed E-state index contributed by atoms with van der Waals surface area (Å²) < 4.78 is 5.20. The molecule has 2 heterocycles. The third kappa shape index (κ3) is 4.27. The number of nitrogens with zero attached hydrogens (tertiary/aromatic N) is 3. The number of fused-ring (bicyclic) bond motifs is 1. The number of hydrogen-bond donors (Lipinski definition) is 2. The van der Waals surface area contributed by atoms with E-state index in [1.165, 1.54) is 6.21 Å². The minimum Gasteiger partial charge on any atom is -0.494 e. The van der Waals surface area contributed by atoms with E-state index in [4.69, 9.17) is 9.94 Å². The second kappa shape index (κ2) is 8.80. The third-order valence-corrected chi connectivity index (χ3v) is 4.17. The van der Waals surface area contributed by atoms with E-state index in [2.05, 4.69) is 26.5 Å². The van der Waals surface area contributed by atoms with Crippen LogP contribution in [-0.4, -0.2) is 35.0 Å². The molecular weight excluding hydrogens is 328 g/mol. The first-order valence-electron chi connectivity index (χ1n) is 8.61. The molecule has 0 aliphatic heterocycles. The average molecular weight is 350 g/mol. The van der Waals surface area contributed by atoms with Crippen molar-refractivity contribution in [2.45, 2.75) is 19.3 Å². The Bertz CT molecular complexity index is 891. The van der Waals surface area contributed by atoms with Crippen molar-refractivity contribution in [3.63, 3.8) is 0 Å². The number of anilines is 1. The Morgan fingerprint density at radius 3 is 2.88 bits per heavy atom. The number of rotatable bonds is 8. The van der Waals surface area contributed by atoms with Gasteiger partial charge in [-0.15, -0.1) is 0 Å². The molecule has 0 unspecified atom stereocenters. The molecular formula is C20H22N4O2. The predicted molar refractivity (Wildman–Crippen MR) is 103 cm³/mol. The van der Waals surface area contributed by atoms with E-state index in [0.29, 0.717) is 11.4 Å². The molecule has 0 atom stereocenters. The van der Waals surface area contributed by atoms with Crippen molar-refractivity contribution in [2.24, 2.45) is 5.16 Å². The number of nitrogens with one attached hydrogen (secondary N) is 1. The van der Waals surface area contributed by atoms with Crippen molar-refractivity contribution >= 4 is 22.8 Å². The Balaban J connectivity index is 1.52. The first kappa shape index (κ1) is 17.7. The summed E-state index contributed by atoms with van der Waals surface area (Å²) in [6, 6.07) is 13.9. The highest BCUT2D eigenvalue weighted by atomic mass is 16.5. The molecule has 0 saturated carbocycles. The van der Waals surface area contributed by atoms with E-state index in [1.807, 2.05) is 42.6 Å². The lowest BCUT2D eigenvalue weighted by Crippen LogP contribution is -2.04. The molecule has 3 rings (SSSR count). The van der Waals surface area contributed by atoms with Gasteiger partial charge in [-0.05, 0) is 43.5 Å². The Morgan fingerprint density at radius 1 is 1.15 bits per heavy atom. The Hall–Kier alpha value is -3.15. The molecule has 2 N–H and O–H groups in total. The number of benzene rings is 1. The van der Waals surface area contributed by atoms with E-state index >= 15 is 0 Å². The summed E-state index contributed by atoms with van der Waals surface area (Å²) in [5.74, 6) is 0.595. The van der Waals surface area contributed by atoms with Gasteiger partial charge < -0.3 is 15.3 Å². The standard InChI is InChI=1S/C20H22N4O2/c1-26-20-10-9-15(24-19(20)14-23-25)6-4-5-12-21-18-11-13-22-17-8-3-2-7-16(17)18/h2-3,7-11,13-14,25H,4-6,12H2,1H3,(H,21,22)/b23-14-. The van der Waals surface area contributed by atoms with Gasteiger partial charge in [0.2, 0.25) is 0 Å². The van der Waals surface area contributed by atoms with E-state index in [9.17, 15) is 0 Å². The summed E-state index contributed by atoms with van der Waals surface area (Å²) in [6.45, 7) is 0.884. The average Bonchev–Trinajstić information content (AvgIpc) is 2.68. The number of oxime groups is 1. The molecule has 2 aromatic heterocycles. The van der Waals surface area contributed by atoms with Gasteiger partial charge in [0.1, 0.15) is 11.4 Å². The number of unbranched alkanes of at least 4 members (excludes halogenated alkanes) is 1. The van der Waals surface area contributed by atoms with Crippen molar-refractivity contribution in [1.29, 1.82) is 0 Å². The fraction of sp³-hybridized carbons (Fsp3) is 0.250. The van der Waals surface area contributed by atoms with Crippen molar-refractivity contribution in [3.8, 4) is 5.75 Å². The van der Waals surface area contributed by atoms with Crippen LogP contribution in [0.5, 0.6) is 5.75 Å². The second-order valence-electron chi connectivity index (χ2n) is 5.89. The molecule has 0 aliphatic carbocycles. The van der Waals surface area contributed by atoms with Crippen LogP contribution in [0.15, 0.2) is 53.8 Å². The molecule has 134 valence electrons. The number of aryl methyl sites for hydroxylation is 1. The zero-order chi connectivity index (χ0) is 18.2. The summed E-state index contributed by atoms with van der Waals surface area (Å²) in [5, 5.41) is 16.4. The highest BCUT2D eigenvalue weighted by Crippen LogP contribution is 2.21. The van der Waals surface area contributed by atoms with Crippen LogP contribution in [0.4, 0.5) is 5.69 Å². The van der Waals surface area contributed by atoms with Gasteiger partial charge in [0.15, 0.2) is 0 Å². The number of pyridine rings is 2. The van der Waals surface area contributed by atoms with Gasteiger partial charge in [-0.3, -0.25) is 4.98 Å². The van der Waals surface area contributed by atoms with Crippen LogP contribution in [0, 0.1) is 0 Å². The van der Waals surface area contributed by atoms with Crippen molar-refractivity contribution in [3.05, 3.63) is 60.0 Å². The van der Waals surface area contributed by atoms with Gasteiger partial charge in [0.05, 0.1) is 18.8 Å². The molecule has 0 saturated heterocycles. The Kier molecular flexibility index (Phi) is 5.98. The van der Waals surface area contributed by atoms with Crippen LogP contribution >= 0.6 is 0 Å². The summed E-state index contributed by atoms with van der Waals surface area (Å²) >= 11 is 0. The van der Waals surface area contributed by atoms with Crippen LogP contribution < -0.4 is 10.1 Å². The number of aromatic nitrogens is 2. The lowest BCUT2D eigenvalue weighted by Gasteiger charge is -2.09. The molecule has 3 aromatic rings. The third-order valence-electron chi connectivity index (χ3n) is 4.17. The lowest BCUT2D eigenvalue weighted by molar-refractivity contribution is 0.321. The number of hydrogen-bond acceptors (Lipinski definition) is 6. The first-order chi connectivity index (χ1) is 12.8. The number of methoxy groups -OCH3 is 1. The predicted octanol–water partition coefficient (Wildman–Crippen LogP) is 3.88. The maximum Gasteiger partial charge on any atom is 0.146 e. The smallest absolute Gasteiger partial charge is 0.146 e. The Labute approximate surface area is 152 Å². The van der Waals surface area contributed by atoms with Crippen LogP contribution in [0.1, 0.15) is 24.2 Å². The zero-order valence-electron chi connectivity index (χ0n) is 14.7. The molecule has 0 bridgehead atoms. The summed E-state index contributed by atoms with van der Waals surface area (Å²) in [7, 11) is 1.57. The van der Waals surface area contributed by atoms with Crippen LogP contribution in [0.2, 0.25) is 0 Å². The molecule has 0 spiro atoms. The highest BCUT2D eigenvalue weighted by Gasteiger charge is 2.05. The van der Waals surface area contributed by atoms with Crippen LogP contribution in [-0.2, 0) is 6.42 Å². The van der Waals surface area contributed by atoms with Gasteiger partial charge in [0, 0.05) is 29.5 Å². The first-order valence-corrected chi connectivity index (χ1v) is 8.61. The van der Waals surface area contributed by atoms with Crippen LogP contribution in [0.25, 0.3) is 10.9 Å². The maximum absolute atomic E-state index is 8.72.